The van der Waals surface area contributed by atoms with E-state index in [2.05, 4.69) is 25.8 Å². The van der Waals surface area contributed by atoms with Crippen molar-refractivity contribution < 1.29 is 14.6 Å². The maximum Gasteiger partial charge on any atom is 0.123 e. The molecule has 0 aliphatic carbocycles. The Morgan fingerprint density at radius 3 is 2.62 bits per heavy atom. The lowest BCUT2D eigenvalue weighted by molar-refractivity contribution is 0.125. The van der Waals surface area contributed by atoms with Crippen molar-refractivity contribution in [1.29, 1.82) is 0 Å². The Bertz CT molecular complexity index is 641. The first-order valence-corrected chi connectivity index (χ1v) is 8.92. The van der Waals surface area contributed by atoms with Crippen LogP contribution in [0.3, 0.4) is 0 Å². The molecule has 1 aromatic carbocycles. The molecule has 1 heterocycles. The third-order valence-electron chi connectivity index (χ3n) is 3.49. The van der Waals surface area contributed by atoms with Gasteiger partial charge < -0.3 is 14.6 Å². The van der Waals surface area contributed by atoms with Gasteiger partial charge in [-0.15, -0.1) is 11.8 Å². The highest BCUT2D eigenvalue weighted by Crippen LogP contribution is 2.34. The Morgan fingerprint density at radius 2 is 2.00 bits per heavy atom. The molecule has 0 bridgehead atoms. The van der Waals surface area contributed by atoms with Crippen molar-refractivity contribution in [2.45, 2.75) is 37.3 Å². The predicted molar refractivity (Wildman–Crippen MR) is 98.2 cm³/mol. The van der Waals surface area contributed by atoms with E-state index in [0.29, 0.717) is 5.75 Å². The van der Waals surface area contributed by atoms with Crippen molar-refractivity contribution in [1.82, 2.24) is 4.98 Å². The molecule has 130 valence electrons. The molecule has 0 saturated carbocycles. The number of hydrogen-bond donors (Lipinski definition) is 1. The lowest BCUT2D eigenvalue weighted by atomic mass is 9.86. The van der Waals surface area contributed by atoms with Gasteiger partial charge in [0.05, 0.1) is 18.2 Å². The summed E-state index contributed by atoms with van der Waals surface area (Å²) in [6.07, 6.45) is 1.19. The molecule has 0 amide bonds. The number of aliphatic hydroxyl groups is 1. The number of aromatic nitrogens is 1. The van der Waals surface area contributed by atoms with Crippen molar-refractivity contribution >= 4 is 11.8 Å². The van der Waals surface area contributed by atoms with Gasteiger partial charge in [-0.3, -0.25) is 0 Å². The molecule has 2 rings (SSSR count). The Kier molecular flexibility index (Phi) is 6.52. The van der Waals surface area contributed by atoms with E-state index in [1.165, 1.54) is 11.8 Å². The van der Waals surface area contributed by atoms with E-state index in [0.717, 1.165) is 22.1 Å². The fourth-order valence-electron chi connectivity index (χ4n) is 2.20. The van der Waals surface area contributed by atoms with Crippen LogP contribution in [0.2, 0.25) is 0 Å². The van der Waals surface area contributed by atoms with Crippen LogP contribution in [0.4, 0.5) is 0 Å². The summed E-state index contributed by atoms with van der Waals surface area (Å²) in [5.41, 5.74) is 0.990. The van der Waals surface area contributed by atoms with Crippen LogP contribution >= 0.6 is 11.8 Å². The molecule has 1 atom stereocenters. The second-order valence-corrected chi connectivity index (χ2v) is 7.60. The molecule has 0 radical (unpaired) electrons. The SMILES string of the molecule is COc1ccc(OC[C@@H](O)CSc2ccccn2)c(C(C)(C)C)c1. The van der Waals surface area contributed by atoms with Crippen LogP contribution in [0.25, 0.3) is 0 Å². The zero-order valence-corrected chi connectivity index (χ0v) is 15.5. The third kappa shape index (κ3) is 5.42. The maximum absolute atomic E-state index is 10.2. The van der Waals surface area contributed by atoms with Gasteiger partial charge in [0.15, 0.2) is 0 Å². The quantitative estimate of drug-likeness (QED) is 0.769. The highest BCUT2D eigenvalue weighted by atomic mass is 32.2. The highest BCUT2D eigenvalue weighted by Gasteiger charge is 2.20. The fraction of sp³-hybridized carbons (Fsp3) is 0.421. The fourth-order valence-corrected chi connectivity index (χ4v) is 2.97. The van der Waals surface area contributed by atoms with Gasteiger partial charge in [-0.25, -0.2) is 4.98 Å². The van der Waals surface area contributed by atoms with E-state index in [9.17, 15) is 5.11 Å². The number of thioether (sulfide) groups is 1. The second kappa shape index (κ2) is 8.40. The average Bonchev–Trinajstić information content (AvgIpc) is 2.58. The Hall–Kier alpha value is -1.72. The molecule has 4 nitrogen and oxygen atoms in total. The van der Waals surface area contributed by atoms with E-state index < -0.39 is 6.10 Å². The normalized spacial score (nSPS) is 12.7. The average molecular weight is 347 g/mol. The van der Waals surface area contributed by atoms with E-state index in [4.69, 9.17) is 9.47 Å². The molecule has 0 fully saturated rings. The number of hydrogen-bond acceptors (Lipinski definition) is 5. The summed E-state index contributed by atoms with van der Waals surface area (Å²) < 4.78 is 11.2. The van der Waals surface area contributed by atoms with Gasteiger partial charge >= 0.3 is 0 Å². The first kappa shape index (κ1) is 18.6. The van der Waals surface area contributed by atoms with Crippen molar-refractivity contribution in [3.63, 3.8) is 0 Å². The maximum atomic E-state index is 10.2. The molecule has 24 heavy (non-hydrogen) atoms. The monoisotopic (exact) mass is 347 g/mol. The number of pyridine rings is 1. The molecule has 0 aliphatic rings. The largest absolute Gasteiger partial charge is 0.497 e. The van der Waals surface area contributed by atoms with E-state index in [-0.39, 0.29) is 12.0 Å². The minimum Gasteiger partial charge on any atom is -0.497 e. The molecule has 1 aromatic heterocycles. The minimum atomic E-state index is -0.563. The minimum absolute atomic E-state index is 0.0719. The van der Waals surface area contributed by atoms with Crippen molar-refractivity contribution in [3.05, 3.63) is 48.2 Å². The van der Waals surface area contributed by atoms with Gasteiger partial charge in [0.2, 0.25) is 0 Å². The second-order valence-electron chi connectivity index (χ2n) is 6.56. The molecule has 0 unspecified atom stereocenters. The van der Waals surface area contributed by atoms with Gasteiger partial charge in [-0.2, -0.15) is 0 Å². The van der Waals surface area contributed by atoms with Crippen molar-refractivity contribution in [3.8, 4) is 11.5 Å². The van der Waals surface area contributed by atoms with Crippen LogP contribution in [0.1, 0.15) is 26.3 Å². The first-order chi connectivity index (χ1) is 11.4. The first-order valence-electron chi connectivity index (χ1n) is 7.93. The Morgan fingerprint density at radius 1 is 1.21 bits per heavy atom. The van der Waals surface area contributed by atoms with Crippen molar-refractivity contribution in [2.75, 3.05) is 19.5 Å². The smallest absolute Gasteiger partial charge is 0.123 e. The highest BCUT2D eigenvalue weighted by molar-refractivity contribution is 7.99. The molecule has 0 spiro atoms. The molecular weight excluding hydrogens is 322 g/mol. The van der Waals surface area contributed by atoms with Crippen LogP contribution in [-0.2, 0) is 5.41 Å². The zero-order valence-electron chi connectivity index (χ0n) is 14.7. The van der Waals surface area contributed by atoms with Crippen LogP contribution in [-0.4, -0.2) is 35.7 Å². The number of benzene rings is 1. The molecule has 1 N–H and O–H groups in total. The summed E-state index contributed by atoms with van der Waals surface area (Å²) in [5, 5.41) is 11.1. The summed E-state index contributed by atoms with van der Waals surface area (Å²) in [7, 11) is 1.65. The van der Waals surface area contributed by atoms with Gasteiger partial charge in [0.25, 0.3) is 0 Å². The Labute approximate surface area is 148 Å². The number of aliphatic hydroxyl groups excluding tert-OH is 1. The molecule has 0 saturated heterocycles. The summed E-state index contributed by atoms with van der Waals surface area (Å²) in [6, 6.07) is 11.5. The lowest BCUT2D eigenvalue weighted by Gasteiger charge is -2.24. The third-order valence-corrected chi connectivity index (χ3v) is 4.58. The number of rotatable bonds is 7. The number of methoxy groups -OCH3 is 1. The van der Waals surface area contributed by atoms with Crippen LogP contribution in [0.5, 0.6) is 11.5 Å². The number of nitrogens with zero attached hydrogens (tertiary/aromatic N) is 1. The van der Waals surface area contributed by atoms with Crippen LogP contribution < -0.4 is 9.47 Å². The molecule has 0 aliphatic heterocycles. The van der Waals surface area contributed by atoms with Gasteiger partial charge in [-0.05, 0) is 35.7 Å². The van der Waals surface area contributed by atoms with Crippen molar-refractivity contribution in [2.24, 2.45) is 0 Å². The molecular formula is C19H25NO3S. The van der Waals surface area contributed by atoms with Gasteiger partial charge in [0, 0.05) is 17.5 Å². The van der Waals surface area contributed by atoms with E-state index in [1.807, 2.05) is 36.4 Å². The summed E-state index contributed by atoms with van der Waals surface area (Å²) in [6.45, 7) is 6.63. The van der Waals surface area contributed by atoms with Crippen LogP contribution in [0, 0.1) is 0 Å². The van der Waals surface area contributed by atoms with E-state index >= 15 is 0 Å². The summed E-state index contributed by atoms with van der Waals surface area (Å²) in [5.74, 6) is 2.13. The standard InChI is InChI=1S/C19H25NO3S/c1-19(2,3)16-11-15(22-4)8-9-17(16)23-12-14(21)13-24-18-7-5-6-10-20-18/h5-11,14,21H,12-13H2,1-4H3/t14-/m1/s1. The summed E-state index contributed by atoms with van der Waals surface area (Å²) >= 11 is 1.52. The molecule has 2 aromatic rings. The lowest BCUT2D eigenvalue weighted by Crippen LogP contribution is -2.22. The zero-order chi connectivity index (χ0) is 17.6. The van der Waals surface area contributed by atoms with Crippen LogP contribution in [0.15, 0.2) is 47.6 Å². The predicted octanol–water partition coefficient (Wildman–Crippen LogP) is 3.92. The topological polar surface area (TPSA) is 51.6 Å². The summed E-state index contributed by atoms with van der Waals surface area (Å²) in [4.78, 5) is 4.23. The van der Waals surface area contributed by atoms with Gasteiger partial charge in [-0.1, -0.05) is 26.8 Å². The van der Waals surface area contributed by atoms with E-state index in [1.54, 1.807) is 13.3 Å². The molecule has 5 heteroatoms. The Balaban J connectivity index is 1.95. The number of ether oxygens (including phenoxy) is 2. The van der Waals surface area contributed by atoms with Gasteiger partial charge in [0.1, 0.15) is 18.1 Å².